The van der Waals surface area contributed by atoms with Gasteiger partial charge in [-0.1, -0.05) is 81.4 Å². The Balaban J connectivity index is 1.62. The van der Waals surface area contributed by atoms with Crippen LogP contribution in [0.4, 0.5) is 4.79 Å². The van der Waals surface area contributed by atoms with E-state index in [1.165, 1.54) is 0 Å². The number of hydrogen-bond acceptors (Lipinski definition) is 5. The molecule has 0 spiro atoms. The molecule has 0 saturated carbocycles. The van der Waals surface area contributed by atoms with Crippen LogP contribution in [0.1, 0.15) is 56.0 Å². The van der Waals surface area contributed by atoms with Crippen molar-refractivity contribution < 1.29 is 23.8 Å². The molecule has 230 valence electrons. The Kier molecular flexibility index (Phi) is 10.8. The minimum atomic E-state index is -2.26. The van der Waals surface area contributed by atoms with E-state index in [2.05, 4.69) is 63.2 Å². The van der Waals surface area contributed by atoms with Crippen LogP contribution in [0.25, 0.3) is 0 Å². The van der Waals surface area contributed by atoms with Crippen molar-refractivity contribution in [3.63, 3.8) is 0 Å². The van der Waals surface area contributed by atoms with Gasteiger partial charge in [0.15, 0.2) is 8.32 Å². The van der Waals surface area contributed by atoms with E-state index in [0.29, 0.717) is 19.6 Å². The maximum Gasteiger partial charge on any atom is 0.404 e. The van der Waals surface area contributed by atoms with Crippen molar-refractivity contribution in [2.75, 3.05) is 13.2 Å². The van der Waals surface area contributed by atoms with Crippen LogP contribution in [0.15, 0.2) is 91.5 Å². The summed E-state index contributed by atoms with van der Waals surface area (Å²) in [5.74, 6) is 1.53. The van der Waals surface area contributed by atoms with E-state index in [0.717, 1.165) is 34.6 Å². The third kappa shape index (κ3) is 8.80. The molecule has 0 aliphatic heterocycles. The van der Waals surface area contributed by atoms with Gasteiger partial charge in [0.05, 0.1) is 24.9 Å². The summed E-state index contributed by atoms with van der Waals surface area (Å²) in [5.41, 5.74) is 3.28. The van der Waals surface area contributed by atoms with Gasteiger partial charge in [-0.05, 0) is 71.9 Å². The van der Waals surface area contributed by atoms with E-state index in [-0.39, 0.29) is 17.2 Å². The lowest BCUT2D eigenvalue weighted by Gasteiger charge is -2.42. The first kappa shape index (κ1) is 32.5. The van der Waals surface area contributed by atoms with Crippen molar-refractivity contribution in [1.82, 2.24) is 10.6 Å². The summed E-state index contributed by atoms with van der Waals surface area (Å²) in [4.78, 5) is 12.0. The van der Waals surface area contributed by atoms with Crippen LogP contribution in [-0.4, -0.2) is 44.8 Å². The molecule has 0 bridgehead atoms. The molecule has 0 heterocycles. The van der Waals surface area contributed by atoms with Gasteiger partial charge >= 0.3 is 6.09 Å². The fraction of sp³-hybridized carbons (Fsp3) is 0.400. The minimum absolute atomic E-state index is 0.0307. The first-order valence-electron chi connectivity index (χ1n) is 15.0. The predicted octanol–water partition coefficient (Wildman–Crippen LogP) is 8.03. The molecule has 7 nitrogen and oxygen atoms in total. The van der Waals surface area contributed by atoms with Gasteiger partial charge in [-0.3, -0.25) is 0 Å². The van der Waals surface area contributed by atoms with Crippen LogP contribution in [0, 0.1) is 0 Å². The quantitative estimate of drug-likeness (QED) is 0.128. The second-order valence-corrected chi connectivity index (χ2v) is 17.4. The summed E-state index contributed by atoms with van der Waals surface area (Å²) < 4.78 is 19.3. The number of hydrogen-bond donors (Lipinski definition) is 3. The van der Waals surface area contributed by atoms with Gasteiger partial charge in [-0.25, -0.2) is 4.79 Å². The Bertz CT molecular complexity index is 1340. The number of ether oxygens (including phenoxy) is 2. The Morgan fingerprint density at radius 2 is 1.70 bits per heavy atom. The highest BCUT2D eigenvalue weighted by molar-refractivity contribution is 6.74. The molecule has 0 radical (unpaired) electrons. The second kappa shape index (κ2) is 14.4. The maximum absolute atomic E-state index is 12.0. The minimum Gasteiger partial charge on any atom is -0.465 e. The first-order valence-corrected chi connectivity index (χ1v) is 17.9. The fourth-order valence-electron chi connectivity index (χ4n) is 5.22. The van der Waals surface area contributed by atoms with Crippen molar-refractivity contribution >= 4 is 14.4 Å². The normalized spacial score (nSPS) is 18.0. The van der Waals surface area contributed by atoms with Crippen LogP contribution in [0.5, 0.6) is 11.5 Å². The van der Waals surface area contributed by atoms with E-state index >= 15 is 0 Å². The van der Waals surface area contributed by atoms with Crippen molar-refractivity contribution in [1.29, 1.82) is 0 Å². The van der Waals surface area contributed by atoms with Gasteiger partial charge in [0.1, 0.15) is 11.5 Å². The molecule has 3 N–H and O–H groups in total. The number of carbonyl (C=O) groups is 1. The van der Waals surface area contributed by atoms with Crippen LogP contribution < -0.4 is 15.4 Å². The monoisotopic (exact) mass is 602 g/mol. The molecule has 0 saturated heterocycles. The molecule has 4 atom stereocenters. The summed E-state index contributed by atoms with van der Waals surface area (Å²) in [6.07, 6.45) is 1.49. The summed E-state index contributed by atoms with van der Waals surface area (Å²) in [6, 6.07) is 25.4. The molecule has 43 heavy (non-hydrogen) atoms. The number of rotatable bonds is 14. The smallest absolute Gasteiger partial charge is 0.404 e. The highest BCUT2D eigenvalue weighted by Crippen LogP contribution is 2.43. The Morgan fingerprint density at radius 3 is 2.33 bits per heavy atom. The molecule has 1 aliphatic rings. The lowest BCUT2D eigenvalue weighted by atomic mass is 10.0. The highest BCUT2D eigenvalue weighted by atomic mass is 28.4. The molecule has 0 fully saturated rings. The fourth-order valence-corrected chi connectivity index (χ4v) is 6.58. The molecular weight excluding hydrogens is 556 g/mol. The molecular formula is C35H46N2O5Si. The van der Waals surface area contributed by atoms with E-state index < -0.39 is 26.6 Å². The molecule has 2 unspecified atom stereocenters. The summed E-state index contributed by atoms with van der Waals surface area (Å²) in [6.45, 7) is 15.7. The molecule has 1 aliphatic carbocycles. The summed E-state index contributed by atoms with van der Waals surface area (Å²) >= 11 is 0. The standard InChI is InChI=1S/C35H46N2O5Si/c1-7-20-40-32-23-30(29-22-27(18-19-28(29)32)41-26-16-12-9-13-17-26)36-24-33(42-43(5,6)35(2,3)4)31(37-34(38)39)21-25-14-10-8-11-15-25/h7-19,22,30-33,36-37H,1,20-21,23-24H2,2-6H3,(H,38,39)/t30?,31-,32?,33-/m0/s1. The summed E-state index contributed by atoms with van der Waals surface area (Å²) in [7, 11) is -2.26. The second-order valence-electron chi connectivity index (χ2n) is 12.7. The van der Waals surface area contributed by atoms with Crippen LogP contribution >= 0.6 is 0 Å². The average Bonchev–Trinajstić information content (AvgIpc) is 3.30. The largest absolute Gasteiger partial charge is 0.465 e. The van der Waals surface area contributed by atoms with E-state index in [1.54, 1.807) is 6.08 Å². The summed E-state index contributed by atoms with van der Waals surface area (Å²) in [5, 5.41) is 16.3. The number of benzene rings is 3. The van der Waals surface area contributed by atoms with Gasteiger partial charge in [0.2, 0.25) is 0 Å². The van der Waals surface area contributed by atoms with Gasteiger partial charge < -0.3 is 29.6 Å². The zero-order valence-electron chi connectivity index (χ0n) is 26.0. The van der Waals surface area contributed by atoms with Crippen LogP contribution in [-0.2, 0) is 15.6 Å². The molecule has 3 aromatic carbocycles. The molecule has 8 heteroatoms. The van der Waals surface area contributed by atoms with Crippen LogP contribution in [0.3, 0.4) is 0 Å². The van der Waals surface area contributed by atoms with Gasteiger partial charge in [-0.2, -0.15) is 0 Å². The predicted molar refractivity (Wildman–Crippen MR) is 174 cm³/mol. The number of carboxylic acid groups (broad SMARTS) is 1. The maximum atomic E-state index is 12.0. The van der Waals surface area contributed by atoms with Gasteiger partial charge in [0, 0.05) is 12.6 Å². The molecule has 4 rings (SSSR count). The number of nitrogens with one attached hydrogen (secondary N) is 2. The Morgan fingerprint density at radius 1 is 1.02 bits per heavy atom. The van der Waals surface area contributed by atoms with Crippen molar-refractivity contribution in [3.8, 4) is 11.5 Å². The average molecular weight is 603 g/mol. The number of fused-ring (bicyclic) bond motifs is 1. The molecule has 1 amide bonds. The zero-order chi connectivity index (χ0) is 31.0. The lowest BCUT2D eigenvalue weighted by molar-refractivity contribution is 0.0677. The molecule has 3 aromatic rings. The Hall–Kier alpha value is -3.43. The first-order chi connectivity index (χ1) is 20.5. The lowest BCUT2D eigenvalue weighted by Crippen LogP contribution is -2.55. The van der Waals surface area contributed by atoms with Crippen molar-refractivity contribution in [3.05, 3.63) is 108 Å². The highest BCUT2D eigenvalue weighted by Gasteiger charge is 2.42. The molecule has 0 aromatic heterocycles. The zero-order valence-corrected chi connectivity index (χ0v) is 27.0. The topological polar surface area (TPSA) is 89.0 Å². The van der Waals surface area contributed by atoms with E-state index in [4.69, 9.17) is 13.9 Å². The SMILES string of the molecule is C=CCOC1CC(NC[C@H](O[Si](C)(C)C(C)(C)C)[C@H](Cc2ccccc2)NC(=O)O)c2cc(Oc3ccccc3)ccc21. The van der Waals surface area contributed by atoms with Gasteiger partial charge in [-0.15, -0.1) is 6.58 Å². The number of para-hydroxylation sites is 1. The Labute approximate surface area is 257 Å². The van der Waals surface area contributed by atoms with Gasteiger partial charge in [0.25, 0.3) is 0 Å². The third-order valence-corrected chi connectivity index (χ3v) is 13.0. The van der Waals surface area contributed by atoms with Crippen LogP contribution in [0.2, 0.25) is 18.1 Å². The van der Waals surface area contributed by atoms with Crippen molar-refractivity contribution in [2.24, 2.45) is 0 Å². The third-order valence-electron chi connectivity index (χ3n) is 8.50. The van der Waals surface area contributed by atoms with E-state index in [9.17, 15) is 9.90 Å². The van der Waals surface area contributed by atoms with E-state index in [1.807, 2.05) is 66.7 Å². The number of amides is 1. The van der Waals surface area contributed by atoms with Crippen molar-refractivity contribution in [2.45, 2.75) is 76.0 Å².